The highest BCUT2D eigenvalue weighted by Gasteiger charge is 2.50. The first kappa shape index (κ1) is 22.5. The van der Waals surface area contributed by atoms with Crippen LogP contribution in [0.4, 0.5) is 10.1 Å². The van der Waals surface area contributed by atoms with E-state index in [1.807, 2.05) is 42.3 Å². The summed E-state index contributed by atoms with van der Waals surface area (Å²) < 4.78 is 42.5. The fourth-order valence-corrected chi connectivity index (χ4v) is 7.06. The molecule has 0 bridgehead atoms. The first-order chi connectivity index (χ1) is 16.3. The van der Waals surface area contributed by atoms with Gasteiger partial charge in [-0.15, -0.1) is 0 Å². The Hall–Kier alpha value is -3.25. The van der Waals surface area contributed by atoms with Crippen LogP contribution in [0.3, 0.4) is 0 Å². The van der Waals surface area contributed by atoms with Crippen LogP contribution in [0.1, 0.15) is 23.6 Å². The molecule has 3 aromatic rings. The summed E-state index contributed by atoms with van der Waals surface area (Å²) in [6.07, 6.45) is 0.593. The fourth-order valence-electron chi connectivity index (χ4n) is 5.36. The summed E-state index contributed by atoms with van der Waals surface area (Å²) in [6, 6.07) is 19.7. The Kier molecular flexibility index (Phi) is 5.64. The van der Waals surface area contributed by atoms with Crippen LogP contribution < -0.4 is 4.90 Å². The zero-order chi connectivity index (χ0) is 24.0. The third-order valence-corrected chi connectivity index (χ3v) is 8.93. The number of aliphatic hydroxyl groups is 1. The molecule has 0 aromatic heterocycles. The quantitative estimate of drug-likeness (QED) is 0.616. The Balaban J connectivity index is 1.64. The molecular formula is C26H24FN3O3S. The standard InChI is InChI=1S/C26H24FN3O3S/c1-29-24-10-9-19(18-7-5-17(15-28)6-8-18)13-23(24)26-22(25(29)16-31)11-12-30(26)34(32,33)21-4-2-3-20(27)14-21/h2-10,13-14,22,25-26,31H,11-12,16H2,1H3/t22-,25-,26-/m0/s1. The second kappa shape index (κ2) is 8.51. The van der Waals surface area contributed by atoms with Crippen molar-refractivity contribution in [2.45, 2.75) is 23.4 Å². The third kappa shape index (κ3) is 3.57. The molecule has 34 heavy (non-hydrogen) atoms. The molecule has 5 rings (SSSR count). The smallest absolute Gasteiger partial charge is 0.243 e. The zero-order valence-corrected chi connectivity index (χ0v) is 19.4. The van der Waals surface area contributed by atoms with E-state index in [4.69, 9.17) is 5.26 Å². The molecule has 6 nitrogen and oxygen atoms in total. The largest absolute Gasteiger partial charge is 0.394 e. The Morgan fingerprint density at radius 2 is 1.82 bits per heavy atom. The summed E-state index contributed by atoms with van der Waals surface area (Å²) in [5, 5.41) is 19.3. The number of benzene rings is 3. The minimum atomic E-state index is -3.95. The summed E-state index contributed by atoms with van der Waals surface area (Å²) >= 11 is 0. The molecule has 0 saturated carbocycles. The van der Waals surface area contributed by atoms with Crippen LogP contribution in [0.5, 0.6) is 0 Å². The van der Waals surface area contributed by atoms with E-state index < -0.39 is 21.9 Å². The first-order valence-electron chi connectivity index (χ1n) is 11.1. The van der Waals surface area contributed by atoms with Crippen molar-refractivity contribution in [2.75, 3.05) is 25.1 Å². The van der Waals surface area contributed by atoms with Gasteiger partial charge in [0.15, 0.2) is 0 Å². The van der Waals surface area contributed by atoms with Crippen LogP contribution in [0.25, 0.3) is 11.1 Å². The van der Waals surface area contributed by atoms with Crippen LogP contribution in [0, 0.1) is 23.1 Å². The van der Waals surface area contributed by atoms with Crippen molar-refractivity contribution in [3.05, 3.63) is 83.7 Å². The molecule has 2 aliphatic heterocycles. The molecule has 1 N–H and O–H groups in total. The van der Waals surface area contributed by atoms with Gasteiger partial charge in [-0.1, -0.05) is 24.3 Å². The van der Waals surface area contributed by atoms with Gasteiger partial charge in [-0.2, -0.15) is 9.57 Å². The van der Waals surface area contributed by atoms with E-state index in [9.17, 15) is 17.9 Å². The Bertz CT molecular complexity index is 1390. The average molecular weight is 478 g/mol. The lowest BCUT2D eigenvalue weighted by molar-refractivity contribution is 0.193. The van der Waals surface area contributed by atoms with Gasteiger partial charge in [-0.3, -0.25) is 0 Å². The van der Waals surface area contributed by atoms with Crippen molar-refractivity contribution in [1.82, 2.24) is 4.31 Å². The number of hydrogen-bond acceptors (Lipinski definition) is 5. The number of likely N-dealkylation sites (N-methyl/N-ethyl adjacent to an activating group) is 1. The van der Waals surface area contributed by atoms with Crippen molar-refractivity contribution in [1.29, 1.82) is 5.26 Å². The average Bonchev–Trinajstić information content (AvgIpc) is 3.30. The van der Waals surface area contributed by atoms with Gasteiger partial charge in [0.25, 0.3) is 0 Å². The van der Waals surface area contributed by atoms with Crippen molar-refractivity contribution in [3.63, 3.8) is 0 Å². The summed E-state index contributed by atoms with van der Waals surface area (Å²) in [4.78, 5) is 1.95. The monoisotopic (exact) mass is 477 g/mol. The molecular weight excluding hydrogens is 453 g/mol. The molecule has 3 atom stereocenters. The van der Waals surface area contributed by atoms with Crippen LogP contribution in [0.2, 0.25) is 0 Å². The van der Waals surface area contributed by atoms with E-state index >= 15 is 0 Å². The van der Waals surface area contributed by atoms with E-state index in [1.54, 1.807) is 12.1 Å². The molecule has 1 fully saturated rings. The van der Waals surface area contributed by atoms with E-state index in [0.29, 0.717) is 18.5 Å². The first-order valence-corrected chi connectivity index (χ1v) is 12.5. The molecule has 0 spiro atoms. The summed E-state index contributed by atoms with van der Waals surface area (Å²) in [7, 11) is -2.04. The number of rotatable bonds is 4. The highest BCUT2D eigenvalue weighted by Crippen LogP contribution is 2.51. The van der Waals surface area contributed by atoms with Crippen molar-refractivity contribution < 1.29 is 17.9 Å². The van der Waals surface area contributed by atoms with Gasteiger partial charge in [0, 0.05) is 25.2 Å². The van der Waals surface area contributed by atoms with Gasteiger partial charge in [0.2, 0.25) is 10.0 Å². The number of anilines is 1. The van der Waals surface area contributed by atoms with Crippen LogP contribution >= 0.6 is 0 Å². The summed E-state index contributed by atoms with van der Waals surface area (Å²) in [5.74, 6) is -0.709. The number of sulfonamides is 1. The molecule has 0 unspecified atom stereocenters. The van der Waals surface area contributed by atoms with E-state index in [1.165, 1.54) is 22.5 Å². The summed E-state index contributed by atoms with van der Waals surface area (Å²) in [5.41, 5.74) is 4.11. The molecule has 8 heteroatoms. The van der Waals surface area contributed by atoms with Crippen LogP contribution in [-0.2, 0) is 10.0 Å². The molecule has 2 heterocycles. The van der Waals surface area contributed by atoms with Crippen LogP contribution in [-0.4, -0.2) is 44.1 Å². The lowest BCUT2D eigenvalue weighted by atomic mass is 9.81. The predicted molar refractivity (Wildman–Crippen MR) is 127 cm³/mol. The highest BCUT2D eigenvalue weighted by molar-refractivity contribution is 7.89. The maximum Gasteiger partial charge on any atom is 0.243 e. The van der Waals surface area contributed by atoms with E-state index in [0.717, 1.165) is 28.4 Å². The number of nitrogens with zero attached hydrogens (tertiary/aromatic N) is 3. The van der Waals surface area contributed by atoms with Gasteiger partial charge in [0.1, 0.15) is 5.82 Å². The van der Waals surface area contributed by atoms with Crippen molar-refractivity contribution >= 4 is 15.7 Å². The van der Waals surface area contributed by atoms with Crippen LogP contribution in [0.15, 0.2) is 71.6 Å². The minimum Gasteiger partial charge on any atom is -0.394 e. The molecule has 0 aliphatic carbocycles. The van der Waals surface area contributed by atoms with E-state index in [2.05, 4.69) is 6.07 Å². The van der Waals surface area contributed by atoms with E-state index in [-0.39, 0.29) is 23.5 Å². The van der Waals surface area contributed by atoms with Gasteiger partial charge >= 0.3 is 0 Å². The molecule has 3 aromatic carbocycles. The SMILES string of the molecule is CN1c2ccc(-c3ccc(C#N)cc3)cc2[C@@H]2[C@@H](CCN2S(=O)(=O)c2cccc(F)c2)[C@@H]1CO. The Morgan fingerprint density at radius 1 is 1.09 bits per heavy atom. The molecule has 0 amide bonds. The van der Waals surface area contributed by atoms with Gasteiger partial charge < -0.3 is 10.0 Å². The summed E-state index contributed by atoms with van der Waals surface area (Å²) in [6.45, 7) is 0.196. The topological polar surface area (TPSA) is 84.6 Å². The maximum absolute atomic E-state index is 13.9. The fraction of sp³-hybridized carbons (Fsp3) is 0.269. The Morgan fingerprint density at radius 3 is 2.50 bits per heavy atom. The highest BCUT2D eigenvalue weighted by atomic mass is 32.2. The number of aliphatic hydroxyl groups excluding tert-OH is 1. The van der Waals surface area contributed by atoms with Gasteiger partial charge in [-0.25, -0.2) is 12.8 Å². The number of halogens is 1. The number of hydrogen-bond donors (Lipinski definition) is 1. The lowest BCUT2D eigenvalue weighted by Gasteiger charge is -2.44. The predicted octanol–water partition coefficient (Wildman–Crippen LogP) is 3.93. The number of nitriles is 1. The normalized spacial score (nSPS) is 22.2. The minimum absolute atomic E-state index is 0.0718. The Labute approximate surface area is 198 Å². The molecule has 0 radical (unpaired) electrons. The van der Waals surface area contributed by atoms with Crippen molar-refractivity contribution in [2.24, 2.45) is 5.92 Å². The molecule has 174 valence electrons. The second-order valence-electron chi connectivity index (χ2n) is 8.79. The van der Waals surface area contributed by atoms with Gasteiger partial charge in [-0.05, 0) is 65.6 Å². The van der Waals surface area contributed by atoms with Gasteiger partial charge in [0.05, 0.1) is 35.2 Å². The lowest BCUT2D eigenvalue weighted by Crippen LogP contribution is -2.48. The second-order valence-corrected chi connectivity index (χ2v) is 10.7. The zero-order valence-electron chi connectivity index (χ0n) is 18.6. The number of fused-ring (bicyclic) bond motifs is 3. The maximum atomic E-state index is 13.9. The van der Waals surface area contributed by atoms with Crippen molar-refractivity contribution in [3.8, 4) is 17.2 Å². The molecule has 1 saturated heterocycles. The molecule has 2 aliphatic rings. The third-order valence-electron chi connectivity index (χ3n) is 7.05.